The average Bonchev–Trinajstić information content (AvgIpc) is 2.43. The number of sulfonamides is 1. The molecule has 1 aromatic carbocycles. The maximum Gasteiger partial charge on any atom is 0.340 e. The highest BCUT2D eigenvalue weighted by Crippen LogP contribution is 2.17. The van der Waals surface area contributed by atoms with Gasteiger partial charge in [0.15, 0.2) is 6.61 Å². The van der Waals surface area contributed by atoms with Crippen molar-refractivity contribution in [2.24, 2.45) is 0 Å². The van der Waals surface area contributed by atoms with Gasteiger partial charge >= 0.3 is 12.0 Å². The standard InChI is InChI=1S/C12H15N3O6S/c1-13-12(18)14-10(16)7-21-11(17)8-5-3-4-6-9(8)15-22(2,19)20/h3-6,15H,7H2,1-2H3,(H2,13,14,16,18). The van der Waals surface area contributed by atoms with Crippen LogP contribution >= 0.6 is 0 Å². The Hall–Kier alpha value is -2.62. The maximum absolute atomic E-state index is 11.9. The molecule has 120 valence electrons. The van der Waals surface area contributed by atoms with E-state index in [2.05, 4.69) is 10.0 Å². The predicted octanol–water partition coefficient (Wildman–Crippen LogP) is -0.329. The molecule has 0 atom stereocenters. The fourth-order valence-corrected chi connectivity index (χ4v) is 1.96. The van der Waals surface area contributed by atoms with E-state index in [1.807, 2.05) is 5.32 Å². The van der Waals surface area contributed by atoms with Crippen molar-refractivity contribution in [1.29, 1.82) is 0 Å². The number of hydrogen-bond acceptors (Lipinski definition) is 6. The van der Waals surface area contributed by atoms with Crippen molar-refractivity contribution in [3.63, 3.8) is 0 Å². The van der Waals surface area contributed by atoms with E-state index in [0.717, 1.165) is 6.26 Å². The van der Waals surface area contributed by atoms with Gasteiger partial charge in [-0.15, -0.1) is 0 Å². The van der Waals surface area contributed by atoms with Gasteiger partial charge in [-0.2, -0.15) is 0 Å². The normalized spacial score (nSPS) is 10.5. The first-order chi connectivity index (χ1) is 10.2. The Balaban J connectivity index is 2.74. The molecule has 3 N–H and O–H groups in total. The molecular formula is C12H15N3O6S. The lowest BCUT2D eigenvalue weighted by Crippen LogP contribution is -2.39. The number of carbonyl (C=O) groups is 3. The van der Waals surface area contributed by atoms with Gasteiger partial charge in [0.25, 0.3) is 5.91 Å². The molecule has 0 radical (unpaired) electrons. The van der Waals surface area contributed by atoms with Crippen molar-refractivity contribution >= 4 is 33.6 Å². The number of rotatable bonds is 5. The van der Waals surface area contributed by atoms with Crippen LogP contribution in [0.4, 0.5) is 10.5 Å². The number of urea groups is 1. The van der Waals surface area contributed by atoms with E-state index < -0.39 is 34.5 Å². The molecule has 0 saturated heterocycles. The molecule has 1 rings (SSSR count). The van der Waals surface area contributed by atoms with Gasteiger partial charge in [-0.1, -0.05) is 12.1 Å². The van der Waals surface area contributed by atoms with Crippen LogP contribution in [0.2, 0.25) is 0 Å². The molecule has 0 aliphatic rings. The molecule has 0 heterocycles. The topological polar surface area (TPSA) is 131 Å². The monoisotopic (exact) mass is 329 g/mol. The fourth-order valence-electron chi connectivity index (χ4n) is 1.38. The fraction of sp³-hybridized carbons (Fsp3) is 0.250. The highest BCUT2D eigenvalue weighted by atomic mass is 32.2. The quantitative estimate of drug-likeness (QED) is 0.634. The van der Waals surface area contributed by atoms with Crippen LogP contribution < -0.4 is 15.4 Å². The van der Waals surface area contributed by atoms with Crippen molar-refractivity contribution in [1.82, 2.24) is 10.6 Å². The van der Waals surface area contributed by atoms with Crippen LogP contribution in [0.25, 0.3) is 0 Å². The molecule has 22 heavy (non-hydrogen) atoms. The number of hydrogen-bond donors (Lipinski definition) is 3. The lowest BCUT2D eigenvalue weighted by Gasteiger charge is -2.10. The molecule has 9 nitrogen and oxygen atoms in total. The molecule has 0 saturated carbocycles. The lowest BCUT2D eigenvalue weighted by atomic mass is 10.2. The first kappa shape index (κ1) is 17.4. The van der Waals surface area contributed by atoms with E-state index in [1.54, 1.807) is 0 Å². The number of carbonyl (C=O) groups excluding carboxylic acids is 3. The molecular weight excluding hydrogens is 314 g/mol. The number of nitrogens with one attached hydrogen (secondary N) is 3. The molecule has 0 unspecified atom stereocenters. The Morgan fingerprint density at radius 2 is 1.82 bits per heavy atom. The van der Waals surface area contributed by atoms with E-state index in [4.69, 9.17) is 4.74 Å². The van der Waals surface area contributed by atoms with Crippen LogP contribution in [0.1, 0.15) is 10.4 Å². The molecule has 0 aromatic heterocycles. The lowest BCUT2D eigenvalue weighted by molar-refractivity contribution is -0.123. The summed E-state index contributed by atoms with van der Waals surface area (Å²) >= 11 is 0. The summed E-state index contributed by atoms with van der Waals surface area (Å²) in [5, 5.41) is 4.07. The van der Waals surface area contributed by atoms with Gasteiger partial charge in [0.2, 0.25) is 10.0 Å². The van der Waals surface area contributed by atoms with E-state index in [1.165, 1.54) is 31.3 Å². The molecule has 3 amide bonds. The predicted molar refractivity (Wildman–Crippen MR) is 77.8 cm³/mol. The zero-order valence-corrected chi connectivity index (χ0v) is 12.7. The van der Waals surface area contributed by atoms with Gasteiger partial charge in [0.1, 0.15) is 0 Å². The third-order valence-corrected chi connectivity index (χ3v) is 2.85. The SMILES string of the molecule is CNC(=O)NC(=O)COC(=O)c1ccccc1NS(C)(=O)=O. The summed E-state index contributed by atoms with van der Waals surface area (Å²) in [4.78, 5) is 34.1. The Bertz CT molecular complexity index is 686. The maximum atomic E-state index is 11.9. The van der Waals surface area contributed by atoms with Gasteiger partial charge in [0.05, 0.1) is 17.5 Å². The van der Waals surface area contributed by atoms with E-state index >= 15 is 0 Å². The number of ether oxygens (including phenoxy) is 1. The first-order valence-corrected chi connectivity index (χ1v) is 7.87. The summed E-state index contributed by atoms with van der Waals surface area (Å²) in [6, 6.07) is 5.02. The van der Waals surface area contributed by atoms with Gasteiger partial charge in [-0.3, -0.25) is 14.8 Å². The van der Waals surface area contributed by atoms with Gasteiger partial charge < -0.3 is 10.1 Å². The third kappa shape index (κ3) is 5.79. The summed E-state index contributed by atoms with van der Waals surface area (Å²) in [5.41, 5.74) is -0.0256. The van der Waals surface area contributed by atoms with Crippen LogP contribution in [0, 0.1) is 0 Å². The number of amides is 3. The smallest absolute Gasteiger partial charge is 0.340 e. The van der Waals surface area contributed by atoms with E-state index in [9.17, 15) is 22.8 Å². The minimum atomic E-state index is -3.57. The molecule has 0 aliphatic carbocycles. The molecule has 0 bridgehead atoms. The molecule has 0 fully saturated rings. The largest absolute Gasteiger partial charge is 0.452 e. The van der Waals surface area contributed by atoms with Crippen LogP contribution in [-0.2, 0) is 19.6 Å². The zero-order chi connectivity index (χ0) is 16.8. The molecule has 1 aromatic rings. The van der Waals surface area contributed by atoms with E-state index in [0.29, 0.717) is 0 Å². The highest BCUT2D eigenvalue weighted by Gasteiger charge is 2.16. The third-order valence-electron chi connectivity index (χ3n) is 2.26. The number of para-hydroxylation sites is 1. The number of anilines is 1. The first-order valence-electron chi connectivity index (χ1n) is 5.98. The number of esters is 1. The highest BCUT2D eigenvalue weighted by molar-refractivity contribution is 7.92. The average molecular weight is 329 g/mol. The van der Waals surface area contributed by atoms with Crippen LogP contribution in [0.15, 0.2) is 24.3 Å². The number of benzene rings is 1. The molecule has 10 heteroatoms. The summed E-state index contributed by atoms with van der Waals surface area (Å²) in [6.07, 6.45) is 0.936. The van der Waals surface area contributed by atoms with Crippen molar-refractivity contribution < 1.29 is 27.5 Å². The molecule has 0 aliphatic heterocycles. The van der Waals surface area contributed by atoms with Crippen molar-refractivity contribution in [2.75, 3.05) is 24.6 Å². The zero-order valence-electron chi connectivity index (χ0n) is 11.9. The van der Waals surface area contributed by atoms with Crippen molar-refractivity contribution in [2.45, 2.75) is 0 Å². The second kappa shape index (κ2) is 7.41. The van der Waals surface area contributed by atoms with Crippen molar-refractivity contribution in [3.05, 3.63) is 29.8 Å². The second-order valence-corrected chi connectivity index (χ2v) is 5.87. The van der Waals surface area contributed by atoms with Gasteiger partial charge in [0, 0.05) is 7.05 Å². The van der Waals surface area contributed by atoms with E-state index in [-0.39, 0.29) is 11.3 Å². The Morgan fingerprint density at radius 1 is 1.18 bits per heavy atom. The minimum Gasteiger partial charge on any atom is -0.452 e. The second-order valence-electron chi connectivity index (χ2n) is 4.12. The summed E-state index contributed by atoms with van der Waals surface area (Å²) < 4.78 is 29.3. The Labute approximate surface area is 127 Å². The van der Waals surface area contributed by atoms with Gasteiger partial charge in [-0.05, 0) is 12.1 Å². The number of imide groups is 1. The molecule has 0 spiro atoms. The van der Waals surface area contributed by atoms with Crippen LogP contribution in [0.3, 0.4) is 0 Å². The van der Waals surface area contributed by atoms with Crippen molar-refractivity contribution in [3.8, 4) is 0 Å². The Morgan fingerprint density at radius 3 is 2.41 bits per heavy atom. The van der Waals surface area contributed by atoms with Crippen LogP contribution in [-0.4, -0.2) is 46.2 Å². The Kier molecular flexibility index (Phi) is 5.87. The summed E-state index contributed by atoms with van der Waals surface area (Å²) in [7, 11) is -2.25. The summed E-state index contributed by atoms with van der Waals surface area (Å²) in [5.74, 6) is -1.72. The van der Waals surface area contributed by atoms with Crippen LogP contribution in [0.5, 0.6) is 0 Å². The van der Waals surface area contributed by atoms with Gasteiger partial charge in [-0.25, -0.2) is 18.0 Å². The summed E-state index contributed by atoms with van der Waals surface area (Å²) in [6.45, 7) is -0.681. The minimum absolute atomic E-state index is 0.0294.